The van der Waals surface area contributed by atoms with Crippen LogP contribution in [-0.4, -0.2) is 33.6 Å². The third-order valence-electron chi connectivity index (χ3n) is 4.76. The highest BCUT2D eigenvalue weighted by atomic mass is 32.1. The maximum absolute atomic E-state index is 13.1. The maximum atomic E-state index is 13.1. The monoisotopic (exact) mass is 421 g/mol. The molecule has 2 aromatic carbocycles. The number of non-ortho nitro benzene ring substituents is 1. The second-order valence-electron chi connectivity index (χ2n) is 6.62. The van der Waals surface area contributed by atoms with Crippen molar-refractivity contribution in [2.75, 3.05) is 5.32 Å². The highest BCUT2D eigenvalue weighted by Gasteiger charge is 2.42. The van der Waals surface area contributed by atoms with Crippen molar-refractivity contribution in [3.63, 3.8) is 0 Å². The molecular formula is C21H15N3O5S. The number of thiophene rings is 1. The minimum absolute atomic E-state index is 0.108. The van der Waals surface area contributed by atoms with Gasteiger partial charge in [-0.15, -0.1) is 11.3 Å². The highest BCUT2D eigenvalue weighted by Crippen LogP contribution is 2.27. The van der Waals surface area contributed by atoms with Crippen LogP contribution < -0.4 is 5.32 Å². The number of rotatable bonds is 6. The zero-order valence-electron chi connectivity index (χ0n) is 15.5. The molecule has 2 heterocycles. The summed E-state index contributed by atoms with van der Waals surface area (Å²) in [6.07, 6.45) is 0.169. The largest absolute Gasteiger partial charge is 0.324 e. The van der Waals surface area contributed by atoms with Crippen molar-refractivity contribution in [3.8, 4) is 0 Å². The summed E-state index contributed by atoms with van der Waals surface area (Å²) in [5, 5.41) is 15.3. The number of carbonyl (C=O) groups is 3. The standard InChI is InChI=1S/C21H15N3O5S/c25-19(22-13-7-9-14(10-8-13)24(28)29)18(12-15-4-3-11-30-15)23-20(26)16-5-1-2-6-17(16)21(23)27/h1-11,18H,12H2,(H,22,25). The number of hydrogen-bond donors (Lipinski definition) is 1. The first-order chi connectivity index (χ1) is 14.5. The molecule has 8 nitrogen and oxygen atoms in total. The van der Waals surface area contributed by atoms with Gasteiger partial charge in [0, 0.05) is 29.1 Å². The number of benzene rings is 2. The van der Waals surface area contributed by atoms with Gasteiger partial charge in [-0.1, -0.05) is 18.2 Å². The summed E-state index contributed by atoms with van der Waals surface area (Å²) >= 11 is 1.42. The van der Waals surface area contributed by atoms with Gasteiger partial charge in [-0.3, -0.25) is 29.4 Å². The Morgan fingerprint density at radius 1 is 1.00 bits per heavy atom. The summed E-state index contributed by atoms with van der Waals surface area (Å²) in [5.41, 5.74) is 0.755. The lowest BCUT2D eigenvalue weighted by molar-refractivity contribution is -0.384. The van der Waals surface area contributed by atoms with Gasteiger partial charge in [0.1, 0.15) is 6.04 Å². The number of nitrogens with one attached hydrogen (secondary N) is 1. The van der Waals surface area contributed by atoms with Crippen molar-refractivity contribution in [3.05, 3.63) is 92.2 Å². The second-order valence-corrected chi connectivity index (χ2v) is 7.65. The van der Waals surface area contributed by atoms with Gasteiger partial charge in [0.25, 0.3) is 17.5 Å². The number of imide groups is 1. The number of hydrogen-bond acceptors (Lipinski definition) is 6. The number of nitro benzene ring substituents is 1. The van der Waals surface area contributed by atoms with E-state index in [1.807, 2.05) is 17.5 Å². The summed E-state index contributed by atoms with van der Waals surface area (Å²) in [5.74, 6) is -1.58. The van der Waals surface area contributed by atoms with Crippen LogP contribution in [-0.2, 0) is 11.2 Å². The molecule has 1 aromatic heterocycles. The molecule has 0 saturated carbocycles. The number of fused-ring (bicyclic) bond motifs is 1. The summed E-state index contributed by atoms with van der Waals surface area (Å²) < 4.78 is 0. The molecule has 3 amide bonds. The van der Waals surface area contributed by atoms with Crippen LogP contribution in [0.25, 0.3) is 0 Å². The molecule has 1 unspecified atom stereocenters. The fraction of sp³-hybridized carbons (Fsp3) is 0.0952. The van der Waals surface area contributed by atoms with Crippen LogP contribution >= 0.6 is 11.3 Å². The van der Waals surface area contributed by atoms with Crippen molar-refractivity contribution in [1.82, 2.24) is 4.90 Å². The number of anilines is 1. The second kappa shape index (κ2) is 7.88. The van der Waals surface area contributed by atoms with E-state index in [0.29, 0.717) is 5.69 Å². The highest BCUT2D eigenvalue weighted by molar-refractivity contribution is 7.09. The average molecular weight is 421 g/mol. The maximum Gasteiger partial charge on any atom is 0.269 e. The minimum atomic E-state index is -1.06. The molecule has 1 aliphatic heterocycles. The predicted octanol–water partition coefficient (Wildman–Crippen LogP) is 3.50. The fourth-order valence-corrected chi connectivity index (χ4v) is 4.05. The zero-order chi connectivity index (χ0) is 21.3. The molecule has 3 aromatic rings. The van der Waals surface area contributed by atoms with E-state index < -0.39 is 28.7 Å². The van der Waals surface area contributed by atoms with Crippen LogP contribution in [0.1, 0.15) is 25.6 Å². The van der Waals surface area contributed by atoms with Gasteiger partial charge in [0.05, 0.1) is 16.1 Å². The SMILES string of the molecule is O=C(Nc1ccc([N+](=O)[O-])cc1)C(Cc1cccs1)N1C(=O)c2ccccc2C1=O. The first-order valence-corrected chi connectivity index (χ1v) is 9.88. The smallest absolute Gasteiger partial charge is 0.269 e. The molecule has 30 heavy (non-hydrogen) atoms. The van der Waals surface area contributed by atoms with E-state index in [2.05, 4.69) is 5.32 Å². The third-order valence-corrected chi connectivity index (χ3v) is 5.66. The Balaban J connectivity index is 1.63. The first-order valence-electron chi connectivity index (χ1n) is 9.00. The lowest BCUT2D eigenvalue weighted by Gasteiger charge is -2.25. The molecule has 0 saturated heterocycles. The fourth-order valence-electron chi connectivity index (χ4n) is 3.30. The Labute approximate surface area is 174 Å². The van der Waals surface area contributed by atoms with E-state index in [1.165, 1.54) is 35.6 Å². The van der Waals surface area contributed by atoms with Crippen molar-refractivity contribution in [1.29, 1.82) is 0 Å². The van der Waals surface area contributed by atoms with Gasteiger partial charge in [0.15, 0.2) is 0 Å². The van der Waals surface area contributed by atoms with E-state index in [-0.39, 0.29) is 23.2 Å². The third kappa shape index (κ3) is 3.58. The van der Waals surface area contributed by atoms with E-state index in [9.17, 15) is 24.5 Å². The molecule has 0 spiro atoms. The minimum Gasteiger partial charge on any atom is -0.324 e. The van der Waals surface area contributed by atoms with Crippen LogP contribution in [0, 0.1) is 10.1 Å². The molecule has 0 aliphatic carbocycles. The summed E-state index contributed by atoms with van der Waals surface area (Å²) in [4.78, 5) is 51.0. The Morgan fingerprint density at radius 3 is 2.17 bits per heavy atom. The first kappa shape index (κ1) is 19.5. The zero-order valence-corrected chi connectivity index (χ0v) is 16.3. The van der Waals surface area contributed by atoms with E-state index >= 15 is 0 Å². The number of nitrogens with zero attached hydrogens (tertiary/aromatic N) is 2. The van der Waals surface area contributed by atoms with Gasteiger partial charge in [0.2, 0.25) is 5.91 Å². The van der Waals surface area contributed by atoms with Gasteiger partial charge in [-0.2, -0.15) is 0 Å². The van der Waals surface area contributed by atoms with Crippen LogP contribution in [0.4, 0.5) is 11.4 Å². The van der Waals surface area contributed by atoms with Crippen LogP contribution in [0.2, 0.25) is 0 Å². The van der Waals surface area contributed by atoms with Crippen LogP contribution in [0.15, 0.2) is 66.0 Å². The lowest BCUT2D eigenvalue weighted by Crippen LogP contribution is -2.48. The van der Waals surface area contributed by atoms with Gasteiger partial charge < -0.3 is 5.32 Å². The summed E-state index contributed by atoms with van der Waals surface area (Å²) in [6, 6.07) is 14.4. The van der Waals surface area contributed by atoms with Crippen LogP contribution in [0.3, 0.4) is 0 Å². The van der Waals surface area contributed by atoms with E-state index in [1.54, 1.807) is 24.3 Å². The van der Waals surface area contributed by atoms with Crippen molar-refractivity contribution in [2.45, 2.75) is 12.5 Å². The molecule has 0 radical (unpaired) electrons. The quantitative estimate of drug-likeness (QED) is 0.372. The van der Waals surface area contributed by atoms with Crippen molar-refractivity contribution >= 4 is 40.4 Å². The Hall–Kier alpha value is -3.85. The molecule has 0 bridgehead atoms. The molecule has 1 atom stereocenters. The summed E-state index contributed by atoms with van der Waals surface area (Å²) in [7, 11) is 0. The number of nitro groups is 1. The summed E-state index contributed by atoms with van der Waals surface area (Å²) in [6.45, 7) is 0. The normalized spacial score (nSPS) is 13.8. The van der Waals surface area contributed by atoms with E-state index in [4.69, 9.17) is 0 Å². The molecule has 1 N–H and O–H groups in total. The Kier molecular flexibility index (Phi) is 5.11. The van der Waals surface area contributed by atoms with E-state index in [0.717, 1.165) is 9.78 Å². The number of amides is 3. The average Bonchev–Trinajstić information content (AvgIpc) is 3.34. The molecule has 1 aliphatic rings. The lowest BCUT2D eigenvalue weighted by atomic mass is 10.1. The van der Waals surface area contributed by atoms with Crippen LogP contribution in [0.5, 0.6) is 0 Å². The Bertz CT molecular complexity index is 1110. The predicted molar refractivity (Wildman–Crippen MR) is 110 cm³/mol. The molecule has 0 fully saturated rings. The molecule has 150 valence electrons. The Morgan fingerprint density at radius 2 is 1.63 bits per heavy atom. The van der Waals surface area contributed by atoms with Crippen molar-refractivity contribution < 1.29 is 19.3 Å². The number of carbonyl (C=O) groups excluding carboxylic acids is 3. The molecular weight excluding hydrogens is 406 g/mol. The topological polar surface area (TPSA) is 110 Å². The van der Waals surface area contributed by atoms with Crippen molar-refractivity contribution in [2.24, 2.45) is 0 Å². The molecule has 4 rings (SSSR count). The molecule has 9 heteroatoms. The van der Waals surface area contributed by atoms with Gasteiger partial charge in [-0.05, 0) is 35.7 Å². The van der Waals surface area contributed by atoms with Gasteiger partial charge in [-0.25, -0.2) is 0 Å². The van der Waals surface area contributed by atoms with Gasteiger partial charge >= 0.3 is 0 Å².